The molecule has 0 aliphatic carbocycles. The third-order valence-electron chi connectivity index (χ3n) is 5.18. The summed E-state index contributed by atoms with van der Waals surface area (Å²) >= 11 is 0. The number of para-hydroxylation sites is 1. The van der Waals surface area contributed by atoms with Crippen LogP contribution >= 0.6 is 0 Å². The molecule has 166 valence electrons. The summed E-state index contributed by atoms with van der Waals surface area (Å²) in [4.78, 5) is 17.2. The number of amidine groups is 1. The van der Waals surface area contributed by atoms with Crippen molar-refractivity contribution < 1.29 is 18.3 Å². The molecule has 1 fully saturated rings. The largest absolute Gasteiger partial charge is 0.490 e. The van der Waals surface area contributed by atoms with E-state index >= 15 is 0 Å². The van der Waals surface area contributed by atoms with E-state index in [-0.39, 0.29) is 22.9 Å². The van der Waals surface area contributed by atoms with Crippen LogP contribution in [-0.2, 0) is 4.74 Å². The van der Waals surface area contributed by atoms with Crippen LogP contribution in [0.25, 0.3) is 16.9 Å². The van der Waals surface area contributed by atoms with Crippen LogP contribution < -0.4 is 21.8 Å². The Morgan fingerprint density at radius 1 is 1.22 bits per heavy atom. The molecular formula is C22H21F2N5O3. The summed E-state index contributed by atoms with van der Waals surface area (Å²) < 4.78 is 41.0. The fourth-order valence-corrected chi connectivity index (χ4v) is 3.60. The fraction of sp³-hybridized carbons (Fsp3) is 0.227. The Bertz CT molecular complexity index is 1220. The normalized spacial score (nSPS) is 14.3. The number of halogens is 2. The Kier molecular flexibility index (Phi) is 5.87. The van der Waals surface area contributed by atoms with Gasteiger partial charge in [-0.15, -0.1) is 0 Å². The zero-order valence-electron chi connectivity index (χ0n) is 17.0. The van der Waals surface area contributed by atoms with Gasteiger partial charge in [-0.25, -0.2) is 8.78 Å². The number of hydrogen-bond acceptors (Lipinski definition) is 6. The van der Waals surface area contributed by atoms with Crippen LogP contribution in [0.4, 0.5) is 14.5 Å². The minimum Gasteiger partial charge on any atom is -0.490 e. The quantitative estimate of drug-likeness (QED) is 0.412. The van der Waals surface area contributed by atoms with Gasteiger partial charge in [0, 0.05) is 36.9 Å². The molecule has 32 heavy (non-hydrogen) atoms. The lowest BCUT2D eigenvalue weighted by Gasteiger charge is -2.23. The van der Waals surface area contributed by atoms with E-state index in [1.54, 1.807) is 12.1 Å². The zero-order valence-corrected chi connectivity index (χ0v) is 17.0. The predicted molar refractivity (Wildman–Crippen MR) is 115 cm³/mol. The number of aromatic nitrogens is 2. The molecule has 1 saturated heterocycles. The van der Waals surface area contributed by atoms with Gasteiger partial charge < -0.3 is 20.9 Å². The van der Waals surface area contributed by atoms with Gasteiger partial charge in [-0.3, -0.25) is 19.8 Å². The molecule has 4 rings (SSSR count). The van der Waals surface area contributed by atoms with E-state index in [0.29, 0.717) is 24.7 Å². The standard InChI is InChI=1S/C22H21F2N5O3/c23-15-2-1-3-16(24)20(15)29-11-14(19(25)18(21(26)27)22(29)30)17-10-13(4-7-28-17)32-12-5-8-31-9-6-12/h1-4,7,10-12H,5-6,8-9,25H2,(H3,26,27). The molecule has 0 unspecified atom stereocenters. The van der Waals surface area contributed by atoms with Crippen molar-refractivity contribution in [3.8, 4) is 22.7 Å². The molecule has 10 heteroatoms. The Morgan fingerprint density at radius 3 is 2.56 bits per heavy atom. The number of nitrogen functional groups attached to an aromatic ring is 2. The minimum absolute atomic E-state index is 0.0226. The Labute approximate surface area is 181 Å². The summed E-state index contributed by atoms with van der Waals surface area (Å²) in [7, 11) is 0. The number of hydrogen-bond donors (Lipinski definition) is 3. The first-order valence-corrected chi connectivity index (χ1v) is 9.91. The smallest absolute Gasteiger partial charge is 0.268 e. The van der Waals surface area contributed by atoms with Gasteiger partial charge in [-0.2, -0.15) is 0 Å². The maximum Gasteiger partial charge on any atom is 0.268 e. The van der Waals surface area contributed by atoms with Crippen molar-refractivity contribution in [2.24, 2.45) is 5.73 Å². The van der Waals surface area contributed by atoms with E-state index in [4.69, 9.17) is 26.4 Å². The number of benzene rings is 1. The first-order chi connectivity index (χ1) is 15.4. The number of rotatable bonds is 5. The van der Waals surface area contributed by atoms with Crippen molar-refractivity contribution in [3.05, 3.63) is 70.3 Å². The Balaban J connectivity index is 1.86. The molecule has 0 radical (unpaired) electrons. The number of ether oxygens (including phenoxy) is 2. The van der Waals surface area contributed by atoms with Crippen LogP contribution in [0.2, 0.25) is 0 Å². The molecule has 3 aromatic rings. The topological polar surface area (TPSA) is 129 Å². The highest BCUT2D eigenvalue weighted by molar-refractivity contribution is 6.02. The van der Waals surface area contributed by atoms with Crippen LogP contribution in [0.5, 0.6) is 5.75 Å². The van der Waals surface area contributed by atoms with E-state index in [1.165, 1.54) is 18.5 Å². The average molecular weight is 441 g/mol. The molecule has 5 N–H and O–H groups in total. The van der Waals surface area contributed by atoms with E-state index < -0.39 is 28.7 Å². The van der Waals surface area contributed by atoms with Crippen LogP contribution in [0.1, 0.15) is 18.4 Å². The van der Waals surface area contributed by atoms with E-state index in [1.807, 2.05) is 0 Å². The van der Waals surface area contributed by atoms with Gasteiger partial charge >= 0.3 is 0 Å². The van der Waals surface area contributed by atoms with E-state index in [0.717, 1.165) is 29.5 Å². The molecule has 0 atom stereocenters. The van der Waals surface area contributed by atoms with Crippen LogP contribution in [0, 0.1) is 17.0 Å². The minimum atomic E-state index is -0.957. The van der Waals surface area contributed by atoms with Gasteiger partial charge in [0.1, 0.15) is 40.6 Å². The van der Waals surface area contributed by atoms with Gasteiger partial charge in [0.05, 0.1) is 24.6 Å². The van der Waals surface area contributed by atoms with Gasteiger partial charge in [0.2, 0.25) is 0 Å². The number of nitrogens with two attached hydrogens (primary N) is 2. The molecule has 0 bridgehead atoms. The lowest BCUT2D eigenvalue weighted by molar-refractivity contribution is 0.0255. The highest BCUT2D eigenvalue weighted by atomic mass is 19.1. The van der Waals surface area contributed by atoms with Crippen molar-refractivity contribution in [1.29, 1.82) is 5.41 Å². The van der Waals surface area contributed by atoms with Crippen molar-refractivity contribution in [2.75, 3.05) is 18.9 Å². The Morgan fingerprint density at radius 2 is 1.91 bits per heavy atom. The lowest BCUT2D eigenvalue weighted by atomic mass is 10.1. The molecule has 0 saturated carbocycles. The molecule has 3 heterocycles. The second-order valence-corrected chi connectivity index (χ2v) is 7.30. The summed E-state index contributed by atoms with van der Waals surface area (Å²) in [6.07, 6.45) is 4.14. The molecule has 1 aliphatic heterocycles. The van der Waals surface area contributed by atoms with Gasteiger partial charge in [0.25, 0.3) is 5.56 Å². The molecule has 1 aromatic carbocycles. The number of nitrogens with one attached hydrogen (secondary N) is 1. The summed E-state index contributed by atoms with van der Waals surface area (Å²) in [6, 6.07) is 6.51. The van der Waals surface area contributed by atoms with Crippen LogP contribution in [0.3, 0.4) is 0 Å². The third kappa shape index (κ3) is 4.04. The van der Waals surface area contributed by atoms with Gasteiger partial charge in [0.15, 0.2) is 0 Å². The number of anilines is 1. The summed E-state index contributed by atoms with van der Waals surface area (Å²) in [6.45, 7) is 1.22. The molecule has 2 aromatic heterocycles. The van der Waals surface area contributed by atoms with E-state index in [2.05, 4.69) is 4.98 Å². The van der Waals surface area contributed by atoms with Gasteiger partial charge in [-0.05, 0) is 18.2 Å². The monoisotopic (exact) mass is 441 g/mol. The number of nitrogens with zero attached hydrogens (tertiary/aromatic N) is 2. The predicted octanol–water partition coefficient (Wildman–Crippen LogP) is 2.60. The molecular weight excluding hydrogens is 420 g/mol. The van der Waals surface area contributed by atoms with Crippen molar-refractivity contribution in [2.45, 2.75) is 18.9 Å². The van der Waals surface area contributed by atoms with Crippen molar-refractivity contribution >= 4 is 11.5 Å². The molecule has 8 nitrogen and oxygen atoms in total. The maximum absolute atomic E-state index is 14.4. The fourth-order valence-electron chi connectivity index (χ4n) is 3.60. The van der Waals surface area contributed by atoms with Crippen LogP contribution in [-0.4, -0.2) is 34.7 Å². The second kappa shape index (κ2) is 8.75. The summed E-state index contributed by atoms with van der Waals surface area (Å²) in [5.74, 6) is -2.03. The molecule has 0 spiro atoms. The summed E-state index contributed by atoms with van der Waals surface area (Å²) in [5, 5.41) is 7.79. The van der Waals surface area contributed by atoms with Gasteiger partial charge in [-0.1, -0.05) is 6.07 Å². The molecule has 1 aliphatic rings. The first-order valence-electron chi connectivity index (χ1n) is 9.91. The SMILES string of the molecule is N=C(N)c1c(N)c(-c2cc(OC3CCOCC3)ccn2)cn(-c2c(F)cccc2F)c1=O. The Hall–Kier alpha value is -3.79. The lowest BCUT2D eigenvalue weighted by Crippen LogP contribution is -2.31. The third-order valence-corrected chi connectivity index (χ3v) is 5.18. The van der Waals surface area contributed by atoms with Crippen LogP contribution in [0.15, 0.2) is 47.5 Å². The van der Waals surface area contributed by atoms with Crippen molar-refractivity contribution in [1.82, 2.24) is 9.55 Å². The summed E-state index contributed by atoms with van der Waals surface area (Å²) in [5.41, 5.74) is 10.2. The van der Waals surface area contributed by atoms with E-state index in [9.17, 15) is 13.6 Å². The zero-order chi connectivity index (χ0) is 22.8. The molecule has 0 amide bonds. The average Bonchev–Trinajstić information content (AvgIpc) is 2.76. The maximum atomic E-state index is 14.4. The second-order valence-electron chi connectivity index (χ2n) is 7.30. The first kappa shape index (κ1) is 21.4. The highest BCUT2D eigenvalue weighted by Crippen LogP contribution is 2.30. The van der Waals surface area contributed by atoms with Crippen molar-refractivity contribution in [3.63, 3.8) is 0 Å². The highest BCUT2D eigenvalue weighted by Gasteiger charge is 2.22. The number of pyridine rings is 2.